The Hall–Kier alpha value is -2.13. The Bertz CT molecular complexity index is 675. The zero-order valence-electron chi connectivity index (χ0n) is 14.4. The summed E-state index contributed by atoms with van der Waals surface area (Å²) in [6, 6.07) is 13.9. The summed E-state index contributed by atoms with van der Waals surface area (Å²) in [5.74, 6) is 0.432. The lowest BCUT2D eigenvalue weighted by molar-refractivity contribution is 0.0950. The zero-order chi connectivity index (χ0) is 17.0. The summed E-state index contributed by atoms with van der Waals surface area (Å²) < 4.78 is 0. The van der Waals surface area contributed by atoms with E-state index in [-0.39, 0.29) is 11.9 Å². The number of nitrogens with one attached hydrogen (secondary N) is 1. The maximum Gasteiger partial charge on any atom is 0.251 e. The van der Waals surface area contributed by atoms with Crippen molar-refractivity contribution in [3.05, 3.63) is 70.3 Å². The van der Waals surface area contributed by atoms with Crippen molar-refractivity contribution in [2.45, 2.75) is 39.7 Å². The molecular formula is C20H26N2O. The Morgan fingerprint density at radius 2 is 1.65 bits per heavy atom. The number of amides is 1. The van der Waals surface area contributed by atoms with Gasteiger partial charge in [-0.15, -0.1) is 0 Å². The summed E-state index contributed by atoms with van der Waals surface area (Å²) in [6.07, 6.45) is 0. The number of carbonyl (C=O) groups excluding carboxylic acids is 1. The van der Waals surface area contributed by atoms with E-state index < -0.39 is 0 Å². The maximum absolute atomic E-state index is 12.3. The fourth-order valence-electron chi connectivity index (χ4n) is 2.61. The van der Waals surface area contributed by atoms with Crippen molar-refractivity contribution in [2.75, 3.05) is 6.54 Å². The number of aryl methyl sites for hydroxylation is 2. The minimum absolute atomic E-state index is 0.0725. The van der Waals surface area contributed by atoms with Gasteiger partial charge in [0.1, 0.15) is 0 Å². The standard InChI is InChI=1S/C20H26N2O/c1-13(2)16-6-8-17(9-7-16)19(21)12-22-20(23)18-10-5-14(3)11-15(18)4/h5-11,13,19H,12,21H2,1-4H3,(H,22,23). The van der Waals surface area contributed by atoms with Crippen molar-refractivity contribution < 1.29 is 4.79 Å². The summed E-state index contributed by atoms with van der Waals surface area (Å²) in [4.78, 5) is 12.3. The van der Waals surface area contributed by atoms with Gasteiger partial charge >= 0.3 is 0 Å². The molecule has 0 bridgehead atoms. The van der Waals surface area contributed by atoms with Gasteiger partial charge in [-0.25, -0.2) is 0 Å². The van der Waals surface area contributed by atoms with Gasteiger partial charge < -0.3 is 11.1 Å². The van der Waals surface area contributed by atoms with E-state index in [2.05, 4.69) is 31.3 Å². The van der Waals surface area contributed by atoms with Crippen LogP contribution in [0.5, 0.6) is 0 Å². The van der Waals surface area contributed by atoms with E-state index in [1.165, 1.54) is 5.56 Å². The highest BCUT2D eigenvalue weighted by molar-refractivity contribution is 5.95. The summed E-state index contributed by atoms with van der Waals surface area (Å²) >= 11 is 0. The van der Waals surface area contributed by atoms with Crippen LogP contribution in [0.15, 0.2) is 42.5 Å². The highest BCUT2D eigenvalue weighted by Gasteiger charge is 2.12. The molecule has 0 aromatic heterocycles. The monoisotopic (exact) mass is 310 g/mol. The van der Waals surface area contributed by atoms with Crippen LogP contribution >= 0.6 is 0 Å². The first-order chi connectivity index (χ1) is 10.9. The molecule has 1 unspecified atom stereocenters. The van der Waals surface area contributed by atoms with E-state index in [4.69, 9.17) is 5.73 Å². The van der Waals surface area contributed by atoms with Crippen molar-refractivity contribution in [2.24, 2.45) is 5.73 Å². The molecule has 3 nitrogen and oxygen atoms in total. The van der Waals surface area contributed by atoms with Crippen LogP contribution in [0.2, 0.25) is 0 Å². The molecule has 3 N–H and O–H groups in total. The van der Waals surface area contributed by atoms with Gasteiger partial charge in [0.15, 0.2) is 0 Å². The lowest BCUT2D eigenvalue weighted by Gasteiger charge is -2.15. The molecule has 3 heteroatoms. The first-order valence-corrected chi connectivity index (χ1v) is 8.09. The van der Waals surface area contributed by atoms with Gasteiger partial charge in [-0.3, -0.25) is 4.79 Å². The Labute approximate surface area is 138 Å². The maximum atomic E-state index is 12.3. The number of benzene rings is 2. The van der Waals surface area contributed by atoms with Crippen LogP contribution in [-0.2, 0) is 0 Å². The minimum Gasteiger partial charge on any atom is -0.350 e. The highest BCUT2D eigenvalue weighted by Crippen LogP contribution is 2.17. The van der Waals surface area contributed by atoms with Crippen LogP contribution in [0.4, 0.5) is 0 Å². The van der Waals surface area contributed by atoms with Gasteiger partial charge in [0, 0.05) is 18.2 Å². The van der Waals surface area contributed by atoms with E-state index in [0.29, 0.717) is 18.0 Å². The van der Waals surface area contributed by atoms with Crippen molar-refractivity contribution in [3.8, 4) is 0 Å². The minimum atomic E-state index is -0.203. The van der Waals surface area contributed by atoms with E-state index >= 15 is 0 Å². The summed E-state index contributed by atoms with van der Waals surface area (Å²) in [6.45, 7) is 8.73. The summed E-state index contributed by atoms with van der Waals surface area (Å²) in [5.41, 5.74) is 11.4. The molecule has 0 aliphatic rings. The van der Waals surface area contributed by atoms with E-state index in [0.717, 1.165) is 16.7 Å². The van der Waals surface area contributed by atoms with Crippen molar-refractivity contribution in [1.29, 1.82) is 0 Å². The van der Waals surface area contributed by atoms with E-state index in [9.17, 15) is 4.79 Å². The molecule has 0 radical (unpaired) electrons. The fraction of sp³-hybridized carbons (Fsp3) is 0.350. The molecule has 2 rings (SSSR count). The number of nitrogens with two attached hydrogens (primary N) is 1. The molecule has 1 amide bonds. The second-order valence-electron chi connectivity index (χ2n) is 6.46. The van der Waals surface area contributed by atoms with Gasteiger partial charge in [0.2, 0.25) is 0 Å². The SMILES string of the molecule is Cc1ccc(C(=O)NCC(N)c2ccc(C(C)C)cc2)c(C)c1. The highest BCUT2D eigenvalue weighted by atomic mass is 16.1. The second kappa shape index (κ2) is 7.42. The Balaban J connectivity index is 1.98. The molecule has 0 aliphatic carbocycles. The summed E-state index contributed by atoms with van der Waals surface area (Å²) in [5, 5.41) is 2.93. The van der Waals surface area contributed by atoms with Crippen molar-refractivity contribution in [1.82, 2.24) is 5.32 Å². The number of carbonyl (C=O) groups is 1. The molecule has 2 aromatic rings. The Morgan fingerprint density at radius 3 is 2.22 bits per heavy atom. The molecule has 0 aliphatic heterocycles. The third-order valence-electron chi connectivity index (χ3n) is 4.14. The second-order valence-corrected chi connectivity index (χ2v) is 6.46. The lowest BCUT2D eigenvalue weighted by atomic mass is 9.99. The van der Waals surface area contributed by atoms with Gasteiger partial charge in [-0.2, -0.15) is 0 Å². The summed E-state index contributed by atoms with van der Waals surface area (Å²) in [7, 11) is 0. The lowest BCUT2D eigenvalue weighted by Crippen LogP contribution is -2.32. The molecular weight excluding hydrogens is 284 g/mol. The predicted molar refractivity (Wildman–Crippen MR) is 95.7 cm³/mol. The molecule has 0 fully saturated rings. The molecule has 23 heavy (non-hydrogen) atoms. The van der Waals surface area contributed by atoms with Gasteiger partial charge in [-0.1, -0.05) is 55.8 Å². The molecule has 2 aromatic carbocycles. The van der Waals surface area contributed by atoms with Gasteiger partial charge in [-0.05, 0) is 42.5 Å². The van der Waals surface area contributed by atoms with E-state index in [1.807, 2.05) is 44.2 Å². The molecule has 1 atom stereocenters. The number of hydrogen-bond donors (Lipinski definition) is 2. The quantitative estimate of drug-likeness (QED) is 0.881. The Kier molecular flexibility index (Phi) is 5.56. The van der Waals surface area contributed by atoms with Crippen LogP contribution in [0.1, 0.15) is 58.4 Å². The average Bonchev–Trinajstić information content (AvgIpc) is 2.52. The van der Waals surface area contributed by atoms with Crippen LogP contribution in [0.3, 0.4) is 0 Å². The smallest absolute Gasteiger partial charge is 0.251 e. The zero-order valence-corrected chi connectivity index (χ0v) is 14.4. The van der Waals surface area contributed by atoms with Crippen molar-refractivity contribution >= 4 is 5.91 Å². The largest absolute Gasteiger partial charge is 0.350 e. The third-order valence-corrected chi connectivity index (χ3v) is 4.14. The van der Waals surface area contributed by atoms with Gasteiger partial charge in [0.05, 0.1) is 0 Å². The number of rotatable bonds is 5. The van der Waals surface area contributed by atoms with Crippen LogP contribution in [0, 0.1) is 13.8 Å². The topological polar surface area (TPSA) is 55.1 Å². The predicted octanol–water partition coefficient (Wildman–Crippen LogP) is 3.86. The average molecular weight is 310 g/mol. The van der Waals surface area contributed by atoms with Crippen molar-refractivity contribution in [3.63, 3.8) is 0 Å². The normalized spacial score (nSPS) is 12.3. The fourth-order valence-corrected chi connectivity index (χ4v) is 2.61. The van der Waals surface area contributed by atoms with E-state index in [1.54, 1.807) is 0 Å². The first-order valence-electron chi connectivity index (χ1n) is 8.09. The number of hydrogen-bond acceptors (Lipinski definition) is 2. The molecule has 0 saturated carbocycles. The molecule has 0 heterocycles. The molecule has 122 valence electrons. The Morgan fingerprint density at radius 1 is 1.04 bits per heavy atom. The van der Waals surface area contributed by atoms with Crippen LogP contribution < -0.4 is 11.1 Å². The first kappa shape index (κ1) is 17.2. The van der Waals surface area contributed by atoms with Gasteiger partial charge in [0.25, 0.3) is 5.91 Å². The molecule has 0 spiro atoms. The molecule has 0 saturated heterocycles. The third kappa shape index (κ3) is 4.42. The van der Waals surface area contributed by atoms with Crippen LogP contribution in [0.25, 0.3) is 0 Å². The van der Waals surface area contributed by atoms with Crippen LogP contribution in [-0.4, -0.2) is 12.5 Å².